The SMILES string of the molecule is CC1C(C(=O)O)CCN1C(=O)c1coc(-c2ccc(Br)cc2F)n1. The summed E-state index contributed by atoms with van der Waals surface area (Å²) in [6, 6.07) is 3.99. The maximum absolute atomic E-state index is 14.0. The predicted molar refractivity (Wildman–Crippen MR) is 85.8 cm³/mol. The van der Waals surface area contributed by atoms with Gasteiger partial charge in [0, 0.05) is 17.1 Å². The number of rotatable bonds is 3. The molecule has 1 aliphatic rings. The number of nitrogens with zero attached hydrogens (tertiary/aromatic N) is 2. The van der Waals surface area contributed by atoms with E-state index in [9.17, 15) is 14.0 Å². The zero-order valence-electron chi connectivity index (χ0n) is 12.7. The summed E-state index contributed by atoms with van der Waals surface area (Å²) >= 11 is 3.17. The summed E-state index contributed by atoms with van der Waals surface area (Å²) in [6.45, 7) is 2.03. The molecular formula is C16H14BrFN2O4. The van der Waals surface area contributed by atoms with Crippen molar-refractivity contribution in [3.05, 3.63) is 40.4 Å². The van der Waals surface area contributed by atoms with Gasteiger partial charge in [0.25, 0.3) is 5.91 Å². The molecule has 0 aliphatic carbocycles. The van der Waals surface area contributed by atoms with Crippen molar-refractivity contribution in [3.8, 4) is 11.5 Å². The molecule has 126 valence electrons. The van der Waals surface area contributed by atoms with Crippen molar-refractivity contribution in [1.82, 2.24) is 9.88 Å². The average molecular weight is 397 g/mol. The normalized spacial score (nSPS) is 20.4. The average Bonchev–Trinajstić information content (AvgIpc) is 3.13. The zero-order valence-corrected chi connectivity index (χ0v) is 14.3. The highest BCUT2D eigenvalue weighted by atomic mass is 79.9. The first kappa shape index (κ1) is 16.6. The highest BCUT2D eigenvalue weighted by Crippen LogP contribution is 2.28. The Bertz CT molecular complexity index is 807. The molecule has 2 heterocycles. The van der Waals surface area contributed by atoms with Crippen LogP contribution in [0.4, 0.5) is 4.39 Å². The number of carboxylic acids is 1. The third kappa shape index (κ3) is 2.93. The summed E-state index contributed by atoms with van der Waals surface area (Å²) in [5.41, 5.74) is 0.181. The molecule has 2 atom stereocenters. The van der Waals surface area contributed by atoms with Crippen LogP contribution in [0.2, 0.25) is 0 Å². The van der Waals surface area contributed by atoms with E-state index in [4.69, 9.17) is 9.52 Å². The van der Waals surface area contributed by atoms with E-state index in [-0.39, 0.29) is 17.1 Å². The lowest BCUT2D eigenvalue weighted by Crippen LogP contribution is -2.37. The van der Waals surface area contributed by atoms with Gasteiger partial charge in [0.2, 0.25) is 5.89 Å². The Morgan fingerprint density at radius 1 is 1.46 bits per heavy atom. The topological polar surface area (TPSA) is 83.6 Å². The predicted octanol–water partition coefficient (Wildman–Crippen LogP) is 3.18. The molecule has 1 N–H and O–H groups in total. The van der Waals surface area contributed by atoms with Crippen LogP contribution in [0.5, 0.6) is 0 Å². The molecule has 6 nitrogen and oxygen atoms in total. The second-order valence-corrected chi connectivity index (χ2v) is 6.55. The summed E-state index contributed by atoms with van der Waals surface area (Å²) in [5, 5.41) is 9.14. The Hall–Kier alpha value is -2.22. The van der Waals surface area contributed by atoms with Crippen molar-refractivity contribution in [2.75, 3.05) is 6.54 Å². The minimum Gasteiger partial charge on any atom is -0.481 e. The van der Waals surface area contributed by atoms with Gasteiger partial charge in [0.05, 0.1) is 11.5 Å². The molecule has 24 heavy (non-hydrogen) atoms. The van der Waals surface area contributed by atoms with E-state index in [1.54, 1.807) is 13.0 Å². The van der Waals surface area contributed by atoms with Gasteiger partial charge >= 0.3 is 5.97 Å². The Labute approximate surface area is 145 Å². The lowest BCUT2D eigenvalue weighted by atomic mass is 10.0. The summed E-state index contributed by atoms with van der Waals surface area (Å²) in [6.07, 6.45) is 1.56. The fourth-order valence-electron chi connectivity index (χ4n) is 2.86. The van der Waals surface area contributed by atoms with Crippen LogP contribution in [0, 0.1) is 11.7 Å². The Kier molecular flexibility index (Phi) is 4.40. The van der Waals surface area contributed by atoms with Crippen molar-refractivity contribution < 1.29 is 23.5 Å². The van der Waals surface area contributed by atoms with Gasteiger partial charge in [-0.1, -0.05) is 15.9 Å². The van der Waals surface area contributed by atoms with Crippen LogP contribution in [-0.4, -0.2) is 39.5 Å². The Morgan fingerprint density at radius 2 is 2.21 bits per heavy atom. The monoisotopic (exact) mass is 396 g/mol. The number of hydrogen-bond donors (Lipinski definition) is 1. The fraction of sp³-hybridized carbons (Fsp3) is 0.312. The van der Waals surface area contributed by atoms with Crippen LogP contribution in [0.25, 0.3) is 11.5 Å². The molecule has 8 heteroatoms. The van der Waals surface area contributed by atoms with Crippen molar-refractivity contribution in [2.24, 2.45) is 5.92 Å². The molecule has 0 bridgehead atoms. The van der Waals surface area contributed by atoms with Crippen molar-refractivity contribution in [1.29, 1.82) is 0 Å². The number of aromatic nitrogens is 1. The number of halogens is 2. The molecular weight excluding hydrogens is 383 g/mol. The number of carboxylic acid groups (broad SMARTS) is 1. The van der Waals surface area contributed by atoms with Crippen LogP contribution in [0.15, 0.2) is 33.4 Å². The molecule has 0 saturated carbocycles. The number of hydrogen-bond acceptors (Lipinski definition) is 4. The van der Waals surface area contributed by atoms with Gasteiger partial charge in [-0.25, -0.2) is 9.37 Å². The van der Waals surface area contributed by atoms with E-state index >= 15 is 0 Å². The first-order valence-corrected chi connectivity index (χ1v) is 8.12. The molecule has 1 aromatic heterocycles. The van der Waals surface area contributed by atoms with E-state index in [1.807, 2.05) is 0 Å². The summed E-state index contributed by atoms with van der Waals surface area (Å²) in [7, 11) is 0. The number of amides is 1. The van der Waals surface area contributed by atoms with Gasteiger partial charge in [0.15, 0.2) is 5.69 Å². The van der Waals surface area contributed by atoms with E-state index in [2.05, 4.69) is 20.9 Å². The minimum atomic E-state index is -0.921. The van der Waals surface area contributed by atoms with Gasteiger partial charge in [0.1, 0.15) is 12.1 Å². The molecule has 1 fully saturated rings. The van der Waals surface area contributed by atoms with Crippen molar-refractivity contribution >= 4 is 27.8 Å². The maximum Gasteiger partial charge on any atom is 0.308 e. The smallest absolute Gasteiger partial charge is 0.308 e. The quantitative estimate of drug-likeness (QED) is 0.860. The molecule has 1 amide bonds. The Balaban J connectivity index is 1.83. The van der Waals surface area contributed by atoms with Crippen LogP contribution in [0.1, 0.15) is 23.8 Å². The number of benzene rings is 1. The molecule has 3 rings (SSSR count). The molecule has 1 aromatic carbocycles. The third-order valence-electron chi connectivity index (χ3n) is 4.22. The number of oxazole rings is 1. The molecule has 2 aromatic rings. The second-order valence-electron chi connectivity index (χ2n) is 5.63. The minimum absolute atomic E-state index is 0.00462. The highest BCUT2D eigenvalue weighted by molar-refractivity contribution is 9.10. The maximum atomic E-state index is 14.0. The summed E-state index contributed by atoms with van der Waals surface area (Å²) in [5.74, 6) is -2.45. The molecule has 0 spiro atoms. The first-order chi connectivity index (χ1) is 11.4. The standard InChI is InChI=1S/C16H14BrFN2O4/c1-8-10(16(22)23)4-5-20(8)15(21)13-7-24-14(19-13)11-3-2-9(17)6-12(11)18/h2-3,6-8,10H,4-5H2,1H3,(H,22,23). The van der Waals surface area contributed by atoms with Gasteiger partial charge in [-0.3, -0.25) is 9.59 Å². The first-order valence-electron chi connectivity index (χ1n) is 7.33. The van der Waals surface area contributed by atoms with E-state index in [0.29, 0.717) is 17.4 Å². The second kappa shape index (κ2) is 6.35. The van der Waals surface area contributed by atoms with Crippen LogP contribution in [-0.2, 0) is 4.79 Å². The van der Waals surface area contributed by atoms with E-state index in [1.165, 1.54) is 23.3 Å². The van der Waals surface area contributed by atoms with Gasteiger partial charge in [-0.15, -0.1) is 0 Å². The summed E-state index contributed by atoms with van der Waals surface area (Å²) < 4.78 is 19.8. The van der Waals surface area contributed by atoms with E-state index in [0.717, 1.165) is 0 Å². The van der Waals surface area contributed by atoms with Crippen molar-refractivity contribution in [2.45, 2.75) is 19.4 Å². The van der Waals surface area contributed by atoms with Gasteiger partial charge in [-0.2, -0.15) is 0 Å². The van der Waals surface area contributed by atoms with Crippen LogP contribution in [0.3, 0.4) is 0 Å². The van der Waals surface area contributed by atoms with Gasteiger partial charge < -0.3 is 14.4 Å². The lowest BCUT2D eigenvalue weighted by molar-refractivity contribution is -0.142. The summed E-state index contributed by atoms with van der Waals surface area (Å²) in [4.78, 5) is 29.2. The van der Waals surface area contributed by atoms with Gasteiger partial charge in [-0.05, 0) is 31.5 Å². The Morgan fingerprint density at radius 3 is 2.83 bits per heavy atom. The lowest BCUT2D eigenvalue weighted by Gasteiger charge is -2.22. The van der Waals surface area contributed by atoms with Crippen LogP contribution >= 0.6 is 15.9 Å². The zero-order chi connectivity index (χ0) is 17.4. The number of aliphatic carboxylic acids is 1. The van der Waals surface area contributed by atoms with E-state index < -0.39 is 29.7 Å². The number of likely N-dealkylation sites (tertiary alicyclic amines) is 1. The van der Waals surface area contributed by atoms with Crippen molar-refractivity contribution in [3.63, 3.8) is 0 Å². The molecule has 1 aliphatic heterocycles. The third-order valence-corrected chi connectivity index (χ3v) is 4.71. The fourth-order valence-corrected chi connectivity index (χ4v) is 3.20. The highest BCUT2D eigenvalue weighted by Gasteiger charge is 2.39. The largest absolute Gasteiger partial charge is 0.481 e. The molecule has 1 saturated heterocycles. The number of carbonyl (C=O) groups excluding carboxylic acids is 1. The molecule has 2 unspecified atom stereocenters. The van der Waals surface area contributed by atoms with Crippen LogP contribution < -0.4 is 0 Å². The number of carbonyl (C=O) groups is 2. The molecule has 0 radical (unpaired) electrons.